The fraction of sp³-hybridized carbons (Fsp3) is 0.111. The maximum absolute atomic E-state index is 5.78. The van der Waals surface area contributed by atoms with Crippen LogP contribution in [-0.4, -0.2) is 0 Å². The lowest BCUT2D eigenvalue weighted by atomic mass is 10.2. The number of fused-ring (bicyclic) bond motifs is 1. The van der Waals surface area contributed by atoms with E-state index in [1.54, 1.807) is 12.5 Å². The lowest BCUT2D eigenvalue weighted by Crippen LogP contribution is -1.85. The molecule has 0 atom stereocenters. The summed E-state index contributed by atoms with van der Waals surface area (Å²) in [5.74, 6) is 0. The van der Waals surface area contributed by atoms with Gasteiger partial charge in [-0.05, 0) is 30.2 Å². The predicted octanol–water partition coefficient (Wildman–Crippen LogP) is 2.28. The Balaban J connectivity index is 2.81. The standard InChI is InChI=1S/C9H9NO/c1-6-4-7-2-3-11-5-8(7)9(6)10/h2-5H,10H2,1H3. The van der Waals surface area contributed by atoms with Crippen LogP contribution in [0.3, 0.4) is 0 Å². The van der Waals surface area contributed by atoms with E-state index in [0.717, 1.165) is 22.4 Å². The fourth-order valence-electron chi connectivity index (χ4n) is 1.25. The van der Waals surface area contributed by atoms with E-state index >= 15 is 0 Å². The number of rotatable bonds is 0. The van der Waals surface area contributed by atoms with E-state index in [1.165, 1.54) is 0 Å². The fourth-order valence-corrected chi connectivity index (χ4v) is 1.25. The number of hydrogen-bond donors (Lipinski definition) is 1. The molecule has 1 aliphatic carbocycles. The minimum Gasteiger partial charge on any atom is -0.472 e. The van der Waals surface area contributed by atoms with E-state index in [9.17, 15) is 0 Å². The van der Waals surface area contributed by atoms with Crippen molar-refractivity contribution in [3.8, 4) is 11.1 Å². The molecule has 0 unspecified atom stereocenters. The van der Waals surface area contributed by atoms with Gasteiger partial charge in [0.1, 0.15) is 6.26 Å². The number of nitrogens with two attached hydrogens (primary N) is 1. The summed E-state index contributed by atoms with van der Waals surface area (Å²) in [6.45, 7) is 2.00. The van der Waals surface area contributed by atoms with Crippen LogP contribution in [0.15, 0.2) is 29.1 Å². The summed E-state index contributed by atoms with van der Waals surface area (Å²) in [5, 5.41) is 0. The van der Waals surface area contributed by atoms with Crippen molar-refractivity contribution in [1.82, 2.24) is 0 Å². The number of aryl methyl sites for hydroxylation is 1. The van der Waals surface area contributed by atoms with Crippen molar-refractivity contribution in [2.24, 2.45) is 0 Å². The van der Waals surface area contributed by atoms with Gasteiger partial charge >= 0.3 is 0 Å². The first-order chi connectivity index (χ1) is 5.29. The van der Waals surface area contributed by atoms with Crippen LogP contribution in [0.5, 0.6) is 0 Å². The van der Waals surface area contributed by atoms with E-state index in [1.807, 2.05) is 13.0 Å². The van der Waals surface area contributed by atoms with Crippen molar-refractivity contribution in [3.63, 3.8) is 0 Å². The molecule has 2 aliphatic rings. The maximum Gasteiger partial charge on any atom is 0.100 e. The quantitative estimate of drug-likeness (QED) is 0.620. The van der Waals surface area contributed by atoms with E-state index in [2.05, 4.69) is 6.07 Å². The molecule has 0 spiro atoms. The van der Waals surface area contributed by atoms with E-state index in [-0.39, 0.29) is 0 Å². The Labute approximate surface area is 65.0 Å². The van der Waals surface area contributed by atoms with Crippen molar-refractivity contribution >= 4 is 5.69 Å². The molecule has 2 rings (SSSR count). The average Bonchev–Trinajstić information content (AvgIpc) is 2.30. The largest absolute Gasteiger partial charge is 0.472 e. The SMILES string of the molecule is Cc1cc2ccocc-2c1N. The molecular formula is C9H9NO. The highest BCUT2D eigenvalue weighted by atomic mass is 16.3. The van der Waals surface area contributed by atoms with E-state index < -0.39 is 0 Å². The summed E-state index contributed by atoms with van der Waals surface area (Å²) in [4.78, 5) is 0. The lowest BCUT2D eigenvalue weighted by molar-refractivity contribution is 0.552. The molecule has 0 aromatic rings. The van der Waals surface area contributed by atoms with Gasteiger partial charge in [0.25, 0.3) is 0 Å². The summed E-state index contributed by atoms with van der Waals surface area (Å²) in [6.07, 6.45) is 3.33. The molecule has 0 saturated heterocycles. The molecule has 0 aromatic heterocycles. The lowest BCUT2D eigenvalue weighted by Gasteiger charge is -1.96. The smallest absolute Gasteiger partial charge is 0.100 e. The zero-order valence-electron chi connectivity index (χ0n) is 6.29. The summed E-state index contributed by atoms with van der Waals surface area (Å²) >= 11 is 0. The molecule has 0 fully saturated rings. The molecular weight excluding hydrogens is 138 g/mol. The van der Waals surface area contributed by atoms with Crippen LogP contribution in [0, 0.1) is 6.92 Å². The summed E-state index contributed by atoms with van der Waals surface area (Å²) < 4.78 is 5.00. The Kier molecular flexibility index (Phi) is 1.15. The predicted molar refractivity (Wildman–Crippen MR) is 44.5 cm³/mol. The molecule has 0 bridgehead atoms. The van der Waals surface area contributed by atoms with Gasteiger partial charge in [0, 0.05) is 11.3 Å². The van der Waals surface area contributed by atoms with Crippen LogP contribution in [0.4, 0.5) is 5.69 Å². The van der Waals surface area contributed by atoms with Crippen LogP contribution in [0.2, 0.25) is 0 Å². The zero-order valence-corrected chi connectivity index (χ0v) is 6.29. The Morgan fingerprint density at radius 2 is 2.27 bits per heavy atom. The van der Waals surface area contributed by atoms with E-state index in [0.29, 0.717) is 0 Å². The summed E-state index contributed by atoms with van der Waals surface area (Å²) in [7, 11) is 0. The molecule has 56 valence electrons. The molecule has 0 aromatic carbocycles. The molecule has 2 heteroatoms. The monoisotopic (exact) mass is 147 g/mol. The zero-order chi connectivity index (χ0) is 7.84. The Bertz CT molecular complexity index is 347. The molecule has 11 heavy (non-hydrogen) atoms. The highest BCUT2D eigenvalue weighted by Crippen LogP contribution is 2.32. The van der Waals surface area contributed by atoms with Crippen LogP contribution >= 0.6 is 0 Å². The van der Waals surface area contributed by atoms with Gasteiger partial charge in [-0.3, -0.25) is 0 Å². The van der Waals surface area contributed by atoms with Gasteiger partial charge in [-0.25, -0.2) is 0 Å². The second kappa shape index (κ2) is 2.02. The first-order valence-electron chi connectivity index (χ1n) is 3.50. The summed E-state index contributed by atoms with van der Waals surface area (Å²) in [5.41, 5.74) is 9.86. The maximum atomic E-state index is 5.78. The van der Waals surface area contributed by atoms with Crippen LogP contribution < -0.4 is 5.73 Å². The second-order valence-corrected chi connectivity index (χ2v) is 2.67. The third kappa shape index (κ3) is 0.792. The highest BCUT2D eigenvalue weighted by Gasteiger charge is 2.09. The first-order valence-corrected chi connectivity index (χ1v) is 3.50. The number of anilines is 1. The third-order valence-corrected chi connectivity index (χ3v) is 1.91. The Morgan fingerprint density at radius 1 is 1.45 bits per heavy atom. The van der Waals surface area contributed by atoms with Crippen molar-refractivity contribution < 1.29 is 4.42 Å². The van der Waals surface area contributed by atoms with Gasteiger partial charge in [-0.1, -0.05) is 0 Å². The second-order valence-electron chi connectivity index (χ2n) is 2.67. The van der Waals surface area contributed by atoms with Crippen molar-refractivity contribution in [2.75, 3.05) is 5.73 Å². The topological polar surface area (TPSA) is 39.2 Å². The molecule has 0 saturated carbocycles. The molecule has 1 aliphatic heterocycles. The van der Waals surface area contributed by atoms with Crippen molar-refractivity contribution in [2.45, 2.75) is 6.92 Å². The van der Waals surface area contributed by atoms with Crippen LogP contribution in [0.1, 0.15) is 5.56 Å². The highest BCUT2D eigenvalue weighted by molar-refractivity contribution is 5.82. The average molecular weight is 147 g/mol. The van der Waals surface area contributed by atoms with Gasteiger partial charge in [0.05, 0.1) is 6.26 Å². The molecule has 2 nitrogen and oxygen atoms in total. The van der Waals surface area contributed by atoms with E-state index in [4.69, 9.17) is 10.2 Å². The van der Waals surface area contributed by atoms with Crippen molar-refractivity contribution in [3.05, 3.63) is 30.2 Å². The normalized spacial score (nSPS) is 10.6. The number of nitrogen functional groups attached to an aromatic ring is 1. The Morgan fingerprint density at radius 3 is 3.00 bits per heavy atom. The van der Waals surface area contributed by atoms with Gasteiger partial charge in [0.2, 0.25) is 0 Å². The minimum atomic E-state index is 0.823. The minimum absolute atomic E-state index is 0.823. The number of hydrogen-bond acceptors (Lipinski definition) is 2. The molecule has 0 amide bonds. The Hall–Kier alpha value is -1.44. The third-order valence-electron chi connectivity index (χ3n) is 1.91. The van der Waals surface area contributed by atoms with Gasteiger partial charge in [-0.15, -0.1) is 0 Å². The van der Waals surface area contributed by atoms with Crippen molar-refractivity contribution in [1.29, 1.82) is 0 Å². The first kappa shape index (κ1) is 6.28. The van der Waals surface area contributed by atoms with Crippen LogP contribution in [0.25, 0.3) is 11.1 Å². The summed E-state index contributed by atoms with van der Waals surface area (Å²) in [6, 6.07) is 3.97. The van der Waals surface area contributed by atoms with Gasteiger partial charge in [0.15, 0.2) is 0 Å². The van der Waals surface area contributed by atoms with Gasteiger partial charge < -0.3 is 10.2 Å². The van der Waals surface area contributed by atoms with Crippen LogP contribution in [-0.2, 0) is 0 Å². The molecule has 0 radical (unpaired) electrons. The molecule has 2 N–H and O–H groups in total. The molecule has 1 heterocycles. The van der Waals surface area contributed by atoms with Gasteiger partial charge in [-0.2, -0.15) is 0 Å².